The van der Waals surface area contributed by atoms with E-state index in [0.29, 0.717) is 12.1 Å². The van der Waals surface area contributed by atoms with Crippen LogP contribution < -0.4 is 11.5 Å². The Morgan fingerprint density at radius 2 is 2.11 bits per heavy atom. The molecular weight excluding hydrogens is 473 g/mol. The summed E-state index contributed by atoms with van der Waals surface area (Å²) in [5.41, 5.74) is 13.0. The molecule has 1 aliphatic rings. The van der Waals surface area contributed by atoms with Crippen LogP contribution in [0.1, 0.15) is 23.8 Å². The summed E-state index contributed by atoms with van der Waals surface area (Å²) < 4.78 is 33.2. The third kappa shape index (κ3) is 6.26. The number of hydrogen-bond acceptors (Lipinski definition) is 8. The summed E-state index contributed by atoms with van der Waals surface area (Å²) in [5.74, 6) is -0.411. The van der Waals surface area contributed by atoms with Gasteiger partial charge in [0.2, 0.25) is 0 Å². The van der Waals surface area contributed by atoms with Crippen LogP contribution in [0.15, 0.2) is 52.4 Å². The molecule has 9 nitrogen and oxygen atoms in total. The van der Waals surface area contributed by atoms with E-state index in [9.17, 15) is 9.50 Å². The predicted octanol–water partition coefficient (Wildman–Crippen LogP) is 2.97. The Labute approximate surface area is 206 Å². The maximum absolute atomic E-state index is 14.8. The molecule has 0 spiro atoms. The van der Waals surface area contributed by atoms with Crippen LogP contribution in [0.5, 0.6) is 0 Å². The fourth-order valence-electron chi connectivity index (χ4n) is 3.61. The summed E-state index contributed by atoms with van der Waals surface area (Å²) in [6.07, 6.45) is -3.15. The number of nitrogens with two attached hydrogens (primary N) is 2. The first kappa shape index (κ1) is 25.3. The van der Waals surface area contributed by atoms with Crippen molar-refractivity contribution in [3.05, 3.63) is 58.9 Å². The molecule has 1 aliphatic heterocycles. The molecule has 0 radical (unpaired) electrons. The molecule has 1 aromatic heterocycles. The Morgan fingerprint density at radius 3 is 2.83 bits per heavy atom. The second-order valence-corrected chi connectivity index (χ2v) is 9.35. The Kier molecular flexibility index (Phi) is 8.16. The van der Waals surface area contributed by atoms with E-state index in [1.165, 1.54) is 17.4 Å². The van der Waals surface area contributed by atoms with Gasteiger partial charge in [-0.2, -0.15) is 0 Å². The normalized spacial score (nSPS) is 20.9. The standard InChI is InChI=1S/C24H28FN5O4S/c1-13(27)28-23(30-18-9-21-19(8-17(18)25)29-14(2)35-21)22(20(31)10-26)32-11-16-12-33-24(34-16)15-6-4-3-5-7-15/h3-9,16,20,22,24,31H,10-12,26H2,1-2H3,(H2,27,28,30)/t16?,20-,22?,24?/m0/s1. The average Bonchev–Trinajstić information content (AvgIpc) is 3.45. The molecule has 2 aromatic carbocycles. The number of nitrogens with zero attached hydrogens (tertiary/aromatic N) is 3. The number of aryl methyl sites for hydroxylation is 1. The highest BCUT2D eigenvalue weighted by Crippen LogP contribution is 2.30. The maximum atomic E-state index is 14.8. The summed E-state index contributed by atoms with van der Waals surface area (Å²) in [6, 6.07) is 12.4. The van der Waals surface area contributed by atoms with Gasteiger partial charge in [0, 0.05) is 18.2 Å². The van der Waals surface area contributed by atoms with Crippen molar-refractivity contribution in [3.8, 4) is 0 Å². The highest BCUT2D eigenvalue weighted by Gasteiger charge is 2.31. The zero-order valence-corrected chi connectivity index (χ0v) is 20.2. The van der Waals surface area contributed by atoms with Gasteiger partial charge < -0.3 is 30.8 Å². The van der Waals surface area contributed by atoms with E-state index in [0.717, 1.165) is 15.3 Å². The first-order valence-corrected chi connectivity index (χ1v) is 11.9. The van der Waals surface area contributed by atoms with Crippen LogP contribution in [0.25, 0.3) is 10.2 Å². The third-order valence-electron chi connectivity index (χ3n) is 5.22. The molecule has 35 heavy (non-hydrogen) atoms. The number of rotatable bonds is 8. The van der Waals surface area contributed by atoms with E-state index >= 15 is 0 Å². The van der Waals surface area contributed by atoms with E-state index in [-0.39, 0.29) is 30.5 Å². The lowest BCUT2D eigenvalue weighted by Crippen LogP contribution is -2.42. The molecule has 0 aliphatic carbocycles. The van der Waals surface area contributed by atoms with E-state index < -0.39 is 30.4 Å². The zero-order chi connectivity index (χ0) is 24.9. The Bertz CT molecular complexity index is 1220. The first-order valence-electron chi connectivity index (χ1n) is 11.1. The highest BCUT2D eigenvalue weighted by atomic mass is 32.1. The van der Waals surface area contributed by atoms with Gasteiger partial charge in [0.1, 0.15) is 17.9 Å². The molecule has 0 bridgehead atoms. The van der Waals surface area contributed by atoms with Crippen LogP contribution in [-0.2, 0) is 14.2 Å². The molecule has 5 N–H and O–H groups in total. The number of halogens is 1. The van der Waals surface area contributed by atoms with Crippen molar-refractivity contribution in [2.45, 2.75) is 38.4 Å². The molecule has 3 aromatic rings. The van der Waals surface area contributed by atoms with Crippen molar-refractivity contribution in [2.75, 3.05) is 19.8 Å². The molecule has 3 unspecified atom stereocenters. The van der Waals surface area contributed by atoms with Crippen molar-refractivity contribution in [1.29, 1.82) is 0 Å². The van der Waals surface area contributed by atoms with Crippen LogP contribution >= 0.6 is 11.3 Å². The van der Waals surface area contributed by atoms with E-state index in [1.807, 2.05) is 37.3 Å². The fraction of sp³-hybridized carbons (Fsp3) is 0.375. The molecule has 186 valence electrons. The monoisotopic (exact) mass is 501 g/mol. The number of aliphatic hydroxyl groups excluding tert-OH is 1. The molecule has 2 heterocycles. The van der Waals surface area contributed by atoms with Gasteiger partial charge in [-0.25, -0.2) is 19.4 Å². The molecule has 4 atom stereocenters. The van der Waals surface area contributed by atoms with Gasteiger partial charge in [0.25, 0.3) is 0 Å². The molecule has 4 rings (SSSR count). The van der Waals surface area contributed by atoms with Gasteiger partial charge in [0.15, 0.2) is 17.9 Å². The zero-order valence-electron chi connectivity index (χ0n) is 19.4. The molecule has 1 saturated heterocycles. The van der Waals surface area contributed by atoms with E-state index in [4.69, 9.17) is 25.7 Å². The summed E-state index contributed by atoms with van der Waals surface area (Å²) in [5, 5.41) is 11.4. The third-order valence-corrected chi connectivity index (χ3v) is 6.15. The quantitative estimate of drug-likeness (QED) is 0.319. The molecule has 1 fully saturated rings. The number of fused-ring (bicyclic) bond motifs is 1. The second-order valence-electron chi connectivity index (χ2n) is 8.12. The van der Waals surface area contributed by atoms with Gasteiger partial charge in [-0.3, -0.25) is 0 Å². The summed E-state index contributed by atoms with van der Waals surface area (Å²) >= 11 is 1.42. The minimum Gasteiger partial charge on any atom is -0.389 e. The number of hydrogen-bond donors (Lipinski definition) is 3. The highest BCUT2D eigenvalue weighted by molar-refractivity contribution is 7.18. The van der Waals surface area contributed by atoms with Crippen molar-refractivity contribution in [1.82, 2.24) is 4.98 Å². The minimum absolute atomic E-state index is 0.000891. The molecule has 0 saturated carbocycles. The lowest BCUT2D eigenvalue weighted by molar-refractivity contribution is -0.0848. The van der Waals surface area contributed by atoms with Crippen LogP contribution in [0.4, 0.5) is 10.1 Å². The first-order chi connectivity index (χ1) is 16.8. The summed E-state index contributed by atoms with van der Waals surface area (Å²) in [7, 11) is 0. The number of benzene rings is 2. The number of aliphatic hydroxyl groups is 1. The number of ether oxygens (including phenoxy) is 3. The SMILES string of the molecule is CC(N)=NC(=Nc1cc2sc(C)nc2cc1F)C(OCC1COC(c2ccccc2)O1)[C@@H](O)CN. The van der Waals surface area contributed by atoms with Gasteiger partial charge in [0.05, 0.1) is 40.4 Å². The maximum Gasteiger partial charge on any atom is 0.184 e. The van der Waals surface area contributed by atoms with Crippen LogP contribution in [0.3, 0.4) is 0 Å². The largest absolute Gasteiger partial charge is 0.389 e. The molecule has 11 heteroatoms. The van der Waals surface area contributed by atoms with Crippen LogP contribution in [-0.4, -0.2) is 59.8 Å². The lowest BCUT2D eigenvalue weighted by Gasteiger charge is -2.23. The van der Waals surface area contributed by atoms with E-state index in [1.54, 1.807) is 13.0 Å². The van der Waals surface area contributed by atoms with E-state index in [2.05, 4.69) is 15.0 Å². The Balaban J connectivity index is 1.56. The summed E-state index contributed by atoms with van der Waals surface area (Å²) in [4.78, 5) is 12.9. The van der Waals surface area contributed by atoms with Gasteiger partial charge >= 0.3 is 0 Å². The second kappa shape index (κ2) is 11.3. The predicted molar refractivity (Wildman–Crippen MR) is 134 cm³/mol. The number of aliphatic imine (C=N–C) groups is 2. The topological polar surface area (TPSA) is 138 Å². The molecular formula is C24H28FN5O4S. The van der Waals surface area contributed by atoms with Crippen LogP contribution in [0.2, 0.25) is 0 Å². The smallest absolute Gasteiger partial charge is 0.184 e. The van der Waals surface area contributed by atoms with Gasteiger partial charge in [-0.15, -0.1) is 11.3 Å². The minimum atomic E-state index is -1.17. The average molecular weight is 502 g/mol. The number of amidine groups is 2. The van der Waals surface area contributed by atoms with Gasteiger partial charge in [-0.1, -0.05) is 30.3 Å². The van der Waals surface area contributed by atoms with Crippen molar-refractivity contribution in [2.24, 2.45) is 21.5 Å². The lowest BCUT2D eigenvalue weighted by atomic mass is 10.1. The van der Waals surface area contributed by atoms with Crippen LogP contribution in [0, 0.1) is 12.7 Å². The number of thiazole rings is 1. The Morgan fingerprint density at radius 1 is 1.34 bits per heavy atom. The van der Waals surface area contributed by atoms with Crippen molar-refractivity contribution >= 4 is 38.9 Å². The Hall–Kier alpha value is -2.80. The number of aromatic nitrogens is 1. The fourth-order valence-corrected chi connectivity index (χ4v) is 4.45. The summed E-state index contributed by atoms with van der Waals surface area (Å²) in [6.45, 7) is 3.64. The molecule has 0 amide bonds. The van der Waals surface area contributed by atoms with Crippen molar-refractivity contribution < 1.29 is 23.7 Å². The van der Waals surface area contributed by atoms with Gasteiger partial charge in [-0.05, 0) is 19.9 Å². The van der Waals surface area contributed by atoms with Crippen molar-refractivity contribution in [3.63, 3.8) is 0 Å².